The summed E-state index contributed by atoms with van der Waals surface area (Å²) in [5.74, 6) is 0.569. The van der Waals surface area contributed by atoms with Crippen molar-refractivity contribution >= 4 is 45.7 Å². The Hall–Kier alpha value is -4.93. The highest BCUT2D eigenvalue weighted by Crippen LogP contribution is 2.45. The highest BCUT2D eigenvalue weighted by atomic mass is 32.2. The molecule has 2 heterocycles. The number of thioether (sulfide) groups is 1. The molecule has 1 amide bonds. The first kappa shape index (κ1) is 31.1. The molecule has 1 unspecified atom stereocenters. The van der Waals surface area contributed by atoms with Crippen molar-refractivity contribution in [2.75, 3.05) is 11.5 Å². The Morgan fingerprint density at radius 3 is 2.37 bits per heavy atom. The third-order valence-electron chi connectivity index (χ3n) is 7.28. The number of carbonyl (C=O) groups is 2. The van der Waals surface area contributed by atoms with Crippen molar-refractivity contribution in [2.45, 2.75) is 36.4 Å². The van der Waals surface area contributed by atoms with Crippen molar-refractivity contribution in [2.24, 2.45) is 0 Å². The smallest absolute Gasteiger partial charge is 0.301 e. The number of aromatic nitrogens is 2. The van der Waals surface area contributed by atoms with Crippen LogP contribution in [0.25, 0.3) is 5.76 Å². The van der Waals surface area contributed by atoms with E-state index in [1.54, 1.807) is 48.5 Å². The van der Waals surface area contributed by atoms with Gasteiger partial charge in [0.2, 0.25) is 5.13 Å². The molecule has 1 fully saturated rings. The van der Waals surface area contributed by atoms with E-state index >= 15 is 0 Å². The third-order valence-corrected chi connectivity index (χ3v) is 9.41. The van der Waals surface area contributed by atoms with Crippen molar-refractivity contribution < 1.29 is 24.2 Å². The predicted molar refractivity (Wildman–Crippen MR) is 181 cm³/mol. The molecular formula is C36H31N3O5S2. The van der Waals surface area contributed by atoms with Crippen LogP contribution in [-0.2, 0) is 15.3 Å². The molecule has 1 atom stereocenters. The fourth-order valence-corrected chi connectivity index (χ4v) is 6.81. The van der Waals surface area contributed by atoms with Gasteiger partial charge in [0, 0.05) is 11.3 Å². The second kappa shape index (κ2) is 14.0. The van der Waals surface area contributed by atoms with Gasteiger partial charge in [-0.3, -0.25) is 14.5 Å². The van der Waals surface area contributed by atoms with Crippen LogP contribution in [0.4, 0.5) is 5.13 Å². The van der Waals surface area contributed by atoms with Gasteiger partial charge in [0.1, 0.15) is 23.0 Å². The molecule has 232 valence electrons. The number of hydrogen-bond acceptors (Lipinski definition) is 9. The highest BCUT2D eigenvalue weighted by Gasteiger charge is 2.48. The summed E-state index contributed by atoms with van der Waals surface area (Å²) in [4.78, 5) is 28.7. The first-order valence-corrected chi connectivity index (χ1v) is 16.6. The van der Waals surface area contributed by atoms with Gasteiger partial charge in [-0.25, -0.2) is 0 Å². The van der Waals surface area contributed by atoms with E-state index in [-0.39, 0.29) is 16.5 Å². The lowest BCUT2D eigenvalue weighted by molar-refractivity contribution is -0.132. The number of anilines is 1. The number of rotatable bonds is 11. The zero-order chi connectivity index (χ0) is 32.0. The van der Waals surface area contributed by atoms with E-state index in [0.717, 1.165) is 12.0 Å². The van der Waals surface area contributed by atoms with Crippen LogP contribution in [0.15, 0.2) is 113 Å². The summed E-state index contributed by atoms with van der Waals surface area (Å²) in [6.45, 7) is 4.62. The third kappa shape index (κ3) is 6.83. The lowest BCUT2D eigenvalue weighted by Gasteiger charge is -2.23. The zero-order valence-electron chi connectivity index (χ0n) is 25.3. The maximum Gasteiger partial charge on any atom is 0.301 e. The number of ketones is 1. The molecule has 8 nitrogen and oxygen atoms in total. The summed E-state index contributed by atoms with van der Waals surface area (Å²) >= 11 is 2.73. The van der Waals surface area contributed by atoms with E-state index < -0.39 is 17.7 Å². The van der Waals surface area contributed by atoms with E-state index in [9.17, 15) is 14.7 Å². The van der Waals surface area contributed by atoms with E-state index in [4.69, 9.17) is 9.47 Å². The van der Waals surface area contributed by atoms with Crippen LogP contribution in [0.3, 0.4) is 0 Å². The number of benzene rings is 4. The summed E-state index contributed by atoms with van der Waals surface area (Å²) in [5, 5.41) is 20.5. The van der Waals surface area contributed by atoms with Gasteiger partial charge < -0.3 is 14.6 Å². The Morgan fingerprint density at radius 1 is 0.891 bits per heavy atom. The quantitative estimate of drug-likeness (QED) is 0.0501. The van der Waals surface area contributed by atoms with E-state index in [0.29, 0.717) is 45.1 Å². The Labute approximate surface area is 275 Å². The second-order valence-corrected chi connectivity index (χ2v) is 12.8. The first-order chi connectivity index (χ1) is 22.4. The lowest BCUT2D eigenvalue weighted by atomic mass is 9.95. The highest BCUT2D eigenvalue weighted by molar-refractivity contribution is 8.00. The van der Waals surface area contributed by atoms with Gasteiger partial charge in [0.25, 0.3) is 5.78 Å². The van der Waals surface area contributed by atoms with Crippen LogP contribution < -0.4 is 14.4 Å². The van der Waals surface area contributed by atoms with Gasteiger partial charge in [-0.05, 0) is 73.0 Å². The molecule has 5 aromatic rings. The van der Waals surface area contributed by atoms with Crippen LogP contribution in [0.2, 0.25) is 0 Å². The molecule has 1 saturated heterocycles. The molecule has 0 radical (unpaired) electrons. The second-order valence-electron chi connectivity index (χ2n) is 10.7. The number of aliphatic hydroxyl groups is 1. The van der Waals surface area contributed by atoms with Gasteiger partial charge in [-0.1, -0.05) is 90.2 Å². The first-order valence-electron chi connectivity index (χ1n) is 14.8. The molecule has 0 bridgehead atoms. The number of hydrogen-bond donors (Lipinski definition) is 1. The minimum Gasteiger partial charge on any atom is -0.507 e. The molecule has 1 aliphatic heterocycles. The number of amides is 1. The normalized spacial score (nSPS) is 15.7. The molecule has 46 heavy (non-hydrogen) atoms. The Kier molecular flexibility index (Phi) is 9.46. The molecule has 4 aromatic carbocycles. The number of aliphatic hydroxyl groups excluding tert-OH is 1. The van der Waals surface area contributed by atoms with Crippen LogP contribution in [0, 0.1) is 6.92 Å². The van der Waals surface area contributed by atoms with E-state index in [1.165, 1.54) is 33.6 Å². The summed E-state index contributed by atoms with van der Waals surface area (Å²) < 4.78 is 12.4. The molecule has 0 spiro atoms. The molecule has 1 N–H and O–H groups in total. The van der Waals surface area contributed by atoms with Crippen LogP contribution in [0.1, 0.15) is 41.6 Å². The number of nitrogens with zero attached hydrogens (tertiary/aromatic N) is 3. The monoisotopic (exact) mass is 649 g/mol. The van der Waals surface area contributed by atoms with Crippen molar-refractivity contribution in [3.05, 3.63) is 131 Å². The standard InChI is InChI=1S/C36H31N3O5S2/c1-3-20-43-27-18-16-25(17-19-27)32(40)30-31(26-8-7-11-29(21-26)44-28-9-5-4-6-10-28)39(34(42)33(30)41)35-37-38-36(46-35)45-22-24-14-12-23(2)13-15-24/h4-19,21,31,40H,3,20,22H2,1-2H3/b32-30-. The fraction of sp³-hybridized carbons (Fsp3) is 0.167. The Bertz CT molecular complexity index is 1870. The predicted octanol–water partition coefficient (Wildman–Crippen LogP) is 8.35. The molecule has 0 aliphatic carbocycles. The van der Waals surface area contributed by atoms with Crippen LogP contribution >= 0.6 is 23.1 Å². The Morgan fingerprint density at radius 2 is 1.63 bits per heavy atom. The maximum atomic E-state index is 13.7. The van der Waals surface area contributed by atoms with Gasteiger partial charge in [0.15, 0.2) is 4.34 Å². The SMILES string of the molecule is CCCOc1ccc(/C(O)=C2/C(=O)C(=O)N(c3nnc(SCc4ccc(C)cc4)s3)C2c2cccc(Oc3ccccc3)c2)cc1. The molecule has 1 aromatic heterocycles. The summed E-state index contributed by atoms with van der Waals surface area (Å²) in [5.41, 5.74) is 3.22. The average Bonchev–Trinajstić information content (AvgIpc) is 3.65. The van der Waals surface area contributed by atoms with Crippen molar-refractivity contribution in [3.63, 3.8) is 0 Å². The largest absolute Gasteiger partial charge is 0.507 e. The van der Waals surface area contributed by atoms with Gasteiger partial charge in [0.05, 0.1) is 18.2 Å². The Balaban J connectivity index is 1.37. The molecule has 1 aliphatic rings. The van der Waals surface area contributed by atoms with Crippen LogP contribution in [-0.4, -0.2) is 33.6 Å². The lowest BCUT2D eigenvalue weighted by Crippen LogP contribution is -2.29. The fourth-order valence-electron chi connectivity index (χ4n) is 4.99. The average molecular weight is 650 g/mol. The maximum absolute atomic E-state index is 13.7. The van der Waals surface area contributed by atoms with E-state index in [2.05, 4.69) is 34.5 Å². The number of aryl methyl sites for hydroxylation is 1. The topological polar surface area (TPSA) is 102 Å². The number of ether oxygens (including phenoxy) is 2. The van der Waals surface area contributed by atoms with Gasteiger partial charge in [-0.2, -0.15) is 0 Å². The number of Topliss-reactive ketones (excluding diaryl/α,β-unsaturated/α-hetero) is 1. The molecular weight excluding hydrogens is 619 g/mol. The molecule has 0 saturated carbocycles. The van der Waals surface area contributed by atoms with E-state index in [1.807, 2.05) is 44.2 Å². The van der Waals surface area contributed by atoms with Crippen molar-refractivity contribution in [1.29, 1.82) is 0 Å². The minimum absolute atomic E-state index is 0.0480. The summed E-state index contributed by atoms with van der Waals surface area (Å²) in [7, 11) is 0. The molecule has 6 rings (SSSR count). The number of carbonyl (C=O) groups excluding carboxylic acids is 2. The number of para-hydroxylation sites is 1. The van der Waals surface area contributed by atoms with Gasteiger partial charge in [-0.15, -0.1) is 10.2 Å². The van der Waals surface area contributed by atoms with Crippen molar-refractivity contribution in [3.8, 4) is 17.2 Å². The summed E-state index contributed by atoms with van der Waals surface area (Å²) in [6.07, 6.45) is 0.857. The molecule has 10 heteroatoms. The van der Waals surface area contributed by atoms with Crippen LogP contribution in [0.5, 0.6) is 17.2 Å². The minimum atomic E-state index is -0.974. The van der Waals surface area contributed by atoms with Gasteiger partial charge >= 0.3 is 5.91 Å². The zero-order valence-corrected chi connectivity index (χ0v) is 26.9. The van der Waals surface area contributed by atoms with Crippen molar-refractivity contribution in [1.82, 2.24) is 10.2 Å². The summed E-state index contributed by atoms with van der Waals surface area (Å²) in [6, 6.07) is 30.5.